The van der Waals surface area contributed by atoms with Crippen molar-refractivity contribution in [2.24, 2.45) is 10.8 Å². The van der Waals surface area contributed by atoms with E-state index < -0.39 is 0 Å². The average molecular weight is 218 g/mol. The molecule has 86 valence electrons. The van der Waals surface area contributed by atoms with E-state index in [1.807, 2.05) is 19.1 Å². The zero-order valence-corrected chi connectivity index (χ0v) is 9.61. The van der Waals surface area contributed by atoms with E-state index in [9.17, 15) is 0 Å². The topological polar surface area (TPSA) is 63.3 Å². The first-order valence-electron chi connectivity index (χ1n) is 5.77. The molecule has 1 aliphatic rings. The predicted molar refractivity (Wildman–Crippen MR) is 65.1 cm³/mol. The molecule has 4 nitrogen and oxygen atoms in total. The van der Waals surface area contributed by atoms with Gasteiger partial charge in [0.05, 0.1) is 6.04 Å². The monoisotopic (exact) mass is 218 g/mol. The van der Waals surface area contributed by atoms with Gasteiger partial charge in [-0.1, -0.05) is 12.8 Å². The van der Waals surface area contributed by atoms with Gasteiger partial charge in [-0.05, 0) is 31.9 Å². The van der Waals surface area contributed by atoms with Crippen LogP contribution < -0.4 is 11.3 Å². The third-order valence-corrected chi connectivity index (χ3v) is 2.94. The van der Waals surface area contributed by atoms with Crippen LogP contribution in [0.1, 0.15) is 36.9 Å². The molecule has 1 aromatic heterocycles. The van der Waals surface area contributed by atoms with Crippen LogP contribution in [-0.4, -0.2) is 16.9 Å². The number of nitrogens with zero attached hydrogens (tertiary/aromatic N) is 2. The summed E-state index contributed by atoms with van der Waals surface area (Å²) in [6.07, 6.45) is 6.69. The first kappa shape index (κ1) is 11.1. The van der Waals surface area contributed by atoms with Crippen molar-refractivity contribution in [3.63, 3.8) is 0 Å². The Balaban J connectivity index is 2.21. The van der Waals surface area contributed by atoms with Gasteiger partial charge >= 0.3 is 0 Å². The van der Waals surface area contributed by atoms with Crippen molar-refractivity contribution in [3.8, 4) is 0 Å². The molecule has 0 aliphatic heterocycles. The Labute approximate surface area is 96.0 Å². The summed E-state index contributed by atoms with van der Waals surface area (Å²) in [5.74, 6) is 6.31. The number of aliphatic imine (C=N–C) groups is 1. The fourth-order valence-electron chi connectivity index (χ4n) is 2.10. The van der Waals surface area contributed by atoms with Gasteiger partial charge in [-0.2, -0.15) is 0 Å². The van der Waals surface area contributed by atoms with Gasteiger partial charge in [0.1, 0.15) is 5.84 Å². The molecule has 0 bridgehead atoms. The van der Waals surface area contributed by atoms with Crippen LogP contribution in [0.3, 0.4) is 0 Å². The Morgan fingerprint density at radius 1 is 1.50 bits per heavy atom. The highest BCUT2D eigenvalue weighted by atomic mass is 15.3. The minimum Gasteiger partial charge on any atom is -0.308 e. The molecule has 4 heteroatoms. The van der Waals surface area contributed by atoms with Crippen molar-refractivity contribution < 1.29 is 0 Å². The second kappa shape index (κ2) is 5.07. The van der Waals surface area contributed by atoms with E-state index >= 15 is 0 Å². The summed E-state index contributed by atoms with van der Waals surface area (Å²) in [7, 11) is 0. The molecule has 1 saturated carbocycles. The van der Waals surface area contributed by atoms with Crippen LogP contribution in [0.5, 0.6) is 0 Å². The number of hydrogen-bond donors (Lipinski definition) is 2. The van der Waals surface area contributed by atoms with Crippen molar-refractivity contribution in [1.82, 2.24) is 10.4 Å². The number of pyridine rings is 1. The Morgan fingerprint density at radius 2 is 2.25 bits per heavy atom. The summed E-state index contributed by atoms with van der Waals surface area (Å²) in [4.78, 5) is 8.82. The largest absolute Gasteiger partial charge is 0.308 e. The third-order valence-electron chi connectivity index (χ3n) is 2.94. The lowest BCUT2D eigenvalue weighted by Crippen LogP contribution is -2.32. The third kappa shape index (κ3) is 2.58. The molecule has 0 radical (unpaired) electrons. The molecule has 0 saturated heterocycles. The highest BCUT2D eigenvalue weighted by Crippen LogP contribution is 2.21. The number of rotatable bonds is 2. The van der Waals surface area contributed by atoms with E-state index in [0.29, 0.717) is 6.04 Å². The van der Waals surface area contributed by atoms with Crippen molar-refractivity contribution >= 4 is 5.84 Å². The summed E-state index contributed by atoms with van der Waals surface area (Å²) in [6, 6.07) is 4.36. The maximum atomic E-state index is 5.53. The number of hydrazine groups is 1. The maximum Gasteiger partial charge on any atom is 0.142 e. The smallest absolute Gasteiger partial charge is 0.142 e. The van der Waals surface area contributed by atoms with Crippen molar-refractivity contribution in [1.29, 1.82) is 0 Å². The summed E-state index contributed by atoms with van der Waals surface area (Å²) in [5, 5.41) is 0. The van der Waals surface area contributed by atoms with E-state index in [0.717, 1.165) is 17.1 Å². The quantitative estimate of drug-likeness (QED) is 0.342. The van der Waals surface area contributed by atoms with Crippen LogP contribution in [0, 0.1) is 6.92 Å². The standard InChI is InChI=1S/C12H18N4/c1-9-8-10(6-7-14-9)12(16-13)15-11-4-2-3-5-11/h6-8,11H,2-5,13H2,1H3,(H,15,16). The molecule has 2 rings (SSSR count). The van der Waals surface area contributed by atoms with Gasteiger partial charge in [-0.15, -0.1) is 0 Å². The Kier molecular flexibility index (Phi) is 3.51. The molecular formula is C12H18N4. The Bertz CT molecular complexity index is 380. The lowest BCUT2D eigenvalue weighted by atomic mass is 10.2. The highest BCUT2D eigenvalue weighted by Gasteiger charge is 2.15. The second-order valence-corrected chi connectivity index (χ2v) is 4.25. The van der Waals surface area contributed by atoms with Gasteiger partial charge < -0.3 is 5.43 Å². The van der Waals surface area contributed by atoms with Gasteiger partial charge in [-0.3, -0.25) is 9.98 Å². The lowest BCUT2D eigenvalue weighted by Gasteiger charge is -2.09. The van der Waals surface area contributed by atoms with E-state index in [1.165, 1.54) is 25.7 Å². The van der Waals surface area contributed by atoms with Crippen LogP contribution in [0.25, 0.3) is 0 Å². The summed E-state index contributed by atoms with van der Waals surface area (Å²) in [6.45, 7) is 1.97. The van der Waals surface area contributed by atoms with Crippen LogP contribution in [-0.2, 0) is 0 Å². The maximum absolute atomic E-state index is 5.53. The summed E-state index contributed by atoms with van der Waals surface area (Å²) >= 11 is 0. The molecule has 0 atom stereocenters. The highest BCUT2D eigenvalue weighted by molar-refractivity contribution is 5.98. The van der Waals surface area contributed by atoms with Crippen molar-refractivity contribution in [2.45, 2.75) is 38.6 Å². The van der Waals surface area contributed by atoms with E-state index in [4.69, 9.17) is 5.84 Å². The number of hydrogen-bond acceptors (Lipinski definition) is 3. The van der Waals surface area contributed by atoms with Gasteiger partial charge in [0.15, 0.2) is 0 Å². The van der Waals surface area contributed by atoms with Crippen molar-refractivity contribution in [3.05, 3.63) is 29.6 Å². The molecule has 1 aromatic rings. The van der Waals surface area contributed by atoms with Gasteiger partial charge in [0, 0.05) is 17.5 Å². The molecule has 1 fully saturated rings. The number of amidine groups is 1. The zero-order valence-electron chi connectivity index (χ0n) is 9.61. The second-order valence-electron chi connectivity index (χ2n) is 4.25. The van der Waals surface area contributed by atoms with Crippen molar-refractivity contribution in [2.75, 3.05) is 0 Å². The molecule has 16 heavy (non-hydrogen) atoms. The zero-order chi connectivity index (χ0) is 11.4. The SMILES string of the molecule is Cc1cc(C(=NC2CCCC2)NN)ccn1. The summed E-state index contributed by atoms with van der Waals surface area (Å²) in [5.41, 5.74) is 4.69. The number of aryl methyl sites for hydroxylation is 1. The van der Waals surface area contributed by atoms with Crippen LogP contribution in [0.2, 0.25) is 0 Å². The van der Waals surface area contributed by atoms with E-state index in [2.05, 4.69) is 15.4 Å². The minimum absolute atomic E-state index is 0.430. The first-order chi connectivity index (χ1) is 7.79. The van der Waals surface area contributed by atoms with Gasteiger partial charge in [0.2, 0.25) is 0 Å². The fraction of sp³-hybridized carbons (Fsp3) is 0.500. The lowest BCUT2D eigenvalue weighted by molar-refractivity contribution is 0.700. The molecule has 0 spiro atoms. The van der Waals surface area contributed by atoms with E-state index in [-0.39, 0.29) is 0 Å². The fourth-order valence-corrected chi connectivity index (χ4v) is 2.10. The van der Waals surface area contributed by atoms with Gasteiger partial charge in [-0.25, -0.2) is 5.84 Å². The molecular weight excluding hydrogens is 200 g/mol. The van der Waals surface area contributed by atoms with Crippen LogP contribution in [0.4, 0.5) is 0 Å². The molecule has 3 N–H and O–H groups in total. The number of nitrogens with one attached hydrogen (secondary N) is 1. The van der Waals surface area contributed by atoms with E-state index in [1.54, 1.807) is 6.20 Å². The Hall–Kier alpha value is -1.42. The normalized spacial score (nSPS) is 17.8. The molecule has 1 aliphatic carbocycles. The molecule has 1 heterocycles. The molecule has 0 unspecified atom stereocenters. The molecule has 0 amide bonds. The number of nitrogens with two attached hydrogens (primary N) is 1. The van der Waals surface area contributed by atoms with Gasteiger partial charge in [0.25, 0.3) is 0 Å². The first-order valence-corrected chi connectivity index (χ1v) is 5.77. The minimum atomic E-state index is 0.430. The van der Waals surface area contributed by atoms with Crippen LogP contribution in [0.15, 0.2) is 23.3 Å². The number of aromatic nitrogens is 1. The predicted octanol–water partition coefficient (Wildman–Crippen LogP) is 1.54. The average Bonchev–Trinajstić information content (AvgIpc) is 2.78. The summed E-state index contributed by atoms with van der Waals surface area (Å²) < 4.78 is 0. The van der Waals surface area contributed by atoms with Crippen LogP contribution >= 0.6 is 0 Å². The Morgan fingerprint density at radius 3 is 2.88 bits per heavy atom. The molecule has 0 aromatic carbocycles.